The average molecular weight is 460 g/mol. The first-order chi connectivity index (χ1) is 11.2. The van der Waals surface area contributed by atoms with E-state index in [1.54, 1.807) is 14.2 Å². The Hall–Kier alpha value is -0.160. The van der Waals surface area contributed by atoms with Gasteiger partial charge in [0.25, 0.3) is 0 Å². The fraction of sp³-hybridized carbons (Fsp3) is 0.938. The molecule has 0 aromatic carbocycles. The summed E-state index contributed by atoms with van der Waals surface area (Å²) in [5.74, 6) is 0.799. The van der Waals surface area contributed by atoms with E-state index in [-0.39, 0.29) is 24.0 Å². The van der Waals surface area contributed by atoms with Gasteiger partial charge in [-0.25, -0.2) is 0 Å². The first kappa shape index (κ1) is 26.1. The molecule has 0 heterocycles. The highest BCUT2D eigenvalue weighted by atomic mass is 127. The van der Waals surface area contributed by atoms with Gasteiger partial charge in [-0.1, -0.05) is 13.3 Å². The molecule has 2 N–H and O–H groups in total. The molecule has 0 atom stereocenters. The average Bonchev–Trinajstić information content (AvgIpc) is 2.56. The van der Waals surface area contributed by atoms with Gasteiger partial charge in [-0.3, -0.25) is 4.99 Å². The van der Waals surface area contributed by atoms with Gasteiger partial charge in [0, 0.05) is 46.9 Å². The fourth-order valence-corrected chi connectivity index (χ4v) is 1.75. The van der Waals surface area contributed by atoms with Crippen LogP contribution in [0.3, 0.4) is 0 Å². The van der Waals surface area contributed by atoms with Crippen LogP contribution in [0, 0.1) is 0 Å². The lowest BCUT2D eigenvalue weighted by atomic mass is 10.4. The van der Waals surface area contributed by atoms with E-state index in [1.165, 1.54) is 6.42 Å². The number of halogens is 1. The van der Waals surface area contributed by atoms with Crippen LogP contribution in [0.1, 0.15) is 19.8 Å². The zero-order valence-corrected chi connectivity index (χ0v) is 18.1. The van der Waals surface area contributed by atoms with Crippen LogP contribution >= 0.6 is 24.0 Å². The number of hydrogen-bond donors (Lipinski definition) is 2. The molecule has 0 saturated carbocycles. The van der Waals surface area contributed by atoms with E-state index >= 15 is 0 Å². The van der Waals surface area contributed by atoms with Crippen LogP contribution in [0.2, 0.25) is 0 Å². The Balaban J connectivity index is 0. The number of rotatable bonds is 15. The van der Waals surface area contributed by atoms with Gasteiger partial charge in [0.05, 0.1) is 26.4 Å². The van der Waals surface area contributed by atoms with Gasteiger partial charge in [-0.15, -0.1) is 24.0 Å². The second-order valence-corrected chi connectivity index (χ2v) is 5.30. The number of nitrogens with one attached hydrogen (secondary N) is 2. The molecule has 0 unspecified atom stereocenters. The summed E-state index contributed by atoms with van der Waals surface area (Å²) < 4.78 is 16.0. The first-order valence-electron chi connectivity index (χ1n) is 8.52. The standard InChI is InChI=1S/C16H36N4O3.HI/c1-5-6-11-22-14-15-23-12-8-19-16(17-2)18-7-9-20(3)10-13-21-4;/h5-15H2,1-4H3,(H2,17,18,19);1H. The SMILES string of the molecule is CCCCOCCOCCNC(=NC)NCCN(C)CCOC.I. The fourth-order valence-electron chi connectivity index (χ4n) is 1.75. The molecule has 146 valence electrons. The molecule has 0 amide bonds. The summed E-state index contributed by atoms with van der Waals surface area (Å²) in [6, 6.07) is 0. The van der Waals surface area contributed by atoms with E-state index in [0.29, 0.717) is 19.8 Å². The van der Waals surface area contributed by atoms with Crippen LogP contribution in [0.5, 0.6) is 0 Å². The summed E-state index contributed by atoms with van der Waals surface area (Å²) in [6.07, 6.45) is 2.28. The minimum Gasteiger partial charge on any atom is -0.383 e. The molecule has 8 heteroatoms. The molecule has 0 aliphatic carbocycles. The number of guanidine groups is 1. The summed E-state index contributed by atoms with van der Waals surface area (Å²) >= 11 is 0. The molecule has 0 radical (unpaired) electrons. The molecule has 0 bridgehead atoms. The minimum absolute atomic E-state index is 0. The van der Waals surface area contributed by atoms with Crippen LogP contribution in [0.4, 0.5) is 0 Å². The summed E-state index contributed by atoms with van der Waals surface area (Å²) in [5.41, 5.74) is 0. The molecule has 0 aliphatic heterocycles. The Bertz CT molecular complexity index is 284. The number of likely N-dealkylation sites (N-methyl/N-ethyl adjacent to an activating group) is 1. The molecule has 0 rings (SSSR count). The molecule has 0 saturated heterocycles. The topological polar surface area (TPSA) is 67.4 Å². The lowest BCUT2D eigenvalue weighted by molar-refractivity contribution is 0.0487. The van der Waals surface area contributed by atoms with Crippen molar-refractivity contribution in [3.63, 3.8) is 0 Å². The quantitative estimate of drug-likeness (QED) is 0.166. The van der Waals surface area contributed by atoms with Gasteiger partial charge in [0.2, 0.25) is 0 Å². The highest BCUT2D eigenvalue weighted by Gasteiger charge is 2.00. The predicted molar refractivity (Wildman–Crippen MR) is 111 cm³/mol. The maximum Gasteiger partial charge on any atom is 0.191 e. The van der Waals surface area contributed by atoms with Crippen LogP contribution in [0.15, 0.2) is 4.99 Å². The second kappa shape index (κ2) is 20.9. The Morgan fingerprint density at radius 1 is 0.958 bits per heavy atom. The maximum atomic E-state index is 5.50. The van der Waals surface area contributed by atoms with Crippen LogP contribution < -0.4 is 10.6 Å². The summed E-state index contributed by atoms with van der Waals surface area (Å²) in [6.45, 7) is 9.13. The van der Waals surface area contributed by atoms with Gasteiger partial charge >= 0.3 is 0 Å². The molecule has 0 aliphatic rings. The normalized spacial score (nSPS) is 11.5. The number of ether oxygens (including phenoxy) is 3. The number of aliphatic imine (C=N–C) groups is 1. The van der Waals surface area contributed by atoms with Gasteiger partial charge in [0.1, 0.15) is 0 Å². The van der Waals surface area contributed by atoms with E-state index in [1.807, 2.05) is 0 Å². The molecule has 0 aromatic heterocycles. The first-order valence-corrected chi connectivity index (χ1v) is 8.52. The van der Waals surface area contributed by atoms with Crippen molar-refractivity contribution in [3.8, 4) is 0 Å². The Morgan fingerprint density at radius 3 is 2.25 bits per heavy atom. The molecular formula is C16H37IN4O3. The zero-order chi connectivity index (χ0) is 17.2. The van der Waals surface area contributed by atoms with Crippen molar-refractivity contribution in [1.82, 2.24) is 15.5 Å². The Morgan fingerprint density at radius 2 is 1.62 bits per heavy atom. The van der Waals surface area contributed by atoms with E-state index in [9.17, 15) is 0 Å². The Labute approximate surface area is 164 Å². The Kier molecular flexibility index (Phi) is 22.7. The van der Waals surface area contributed by atoms with E-state index in [2.05, 4.69) is 34.5 Å². The number of unbranched alkanes of at least 4 members (excludes halogenated alkanes) is 1. The molecule has 24 heavy (non-hydrogen) atoms. The van der Waals surface area contributed by atoms with E-state index in [0.717, 1.165) is 51.8 Å². The molecule has 7 nitrogen and oxygen atoms in total. The van der Waals surface area contributed by atoms with E-state index < -0.39 is 0 Å². The maximum absolute atomic E-state index is 5.50. The van der Waals surface area contributed by atoms with Gasteiger partial charge in [-0.05, 0) is 13.5 Å². The van der Waals surface area contributed by atoms with Crippen molar-refractivity contribution in [2.45, 2.75) is 19.8 Å². The molecular weight excluding hydrogens is 423 g/mol. The van der Waals surface area contributed by atoms with Crippen LogP contribution in [-0.4, -0.2) is 91.3 Å². The largest absolute Gasteiger partial charge is 0.383 e. The third-order valence-electron chi connectivity index (χ3n) is 3.24. The number of methoxy groups -OCH3 is 1. The number of hydrogen-bond acceptors (Lipinski definition) is 5. The van der Waals surface area contributed by atoms with Crippen molar-refractivity contribution in [1.29, 1.82) is 0 Å². The van der Waals surface area contributed by atoms with Crippen LogP contribution in [-0.2, 0) is 14.2 Å². The smallest absolute Gasteiger partial charge is 0.191 e. The van der Waals surface area contributed by atoms with Crippen molar-refractivity contribution in [3.05, 3.63) is 0 Å². The van der Waals surface area contributed by atoms with E-state index in [4.69, 9.17) is 14.2 Å². The zero-order valence-electron chi connectivity index (χ0n) is 15.8. The molecule has 0 spiro atoms. The monoisotopic (exact) mass is 460 g/mol. The second-order valence-electron chi connectivity index (χ2n) is 5.30. The van der Waals surface area contributed by atoms with Crippen LogP contribution in [0.25, 0.3) is 0 Å². The lowest BCUT2D eigenvalue weighted by Crippen LogP contribution is -2.42. The van der Waals surface area contributed by atoms with Gasteiger partial charge < -0.3 is 29.7 Å². The van der Waals surface area contributed by atoms with Gasteiger partial charge in [-0.2, -0.15) is 0 Å². The summed E-state index contributed by atoms with van der Waals surface area (Å²) in [5, 5.41) is 6.51. The highest BCUT2D eigenvalue weighted by molar-refractivity contribution is 14.0. The van der Waals surface area contributed by atoms with Crippen molar-refractivity contribution >= 4 is 29.9 Å². The number of nitrogens with zero attached hydrogens (tertiary/aromatic N) is 2. The highest BCUT2D eigenvalue weighted by Crippen LogP contribution is 1.87. The van der Waals surface area contributed by atoms with Crippen molar-refractivity contribution in [2.24, 2.45) is 4.99 Å². The molecule has 0 fully saturated rings. The van der Waals surface area contributed by atoms with Gasteiger partial charge in [0.15, 0.2) is 5.96 Å². The molecule has 0 aromatic rings. The van der Waals surface area contributed by atoms with Crippen molar-refractivity contribution < 1.29 is 14.2 Å². The third-order valence-corrected chi connectivity index (χ3v) is 3.24. The summed E-state index contributed by atoms with van der Waals surface area (Å²) in [4.78, 5) is 6.40. The lowest BCUT2D eigenvalue weighted by Gasteiger charge is -2.17. The predicted octanol–water partition coefficient (Wildman–Crippen LogP) is 1.18. The third kappa shape index (κ3) is 18.2. The minimum atomic E-state index is 0. The summed E-state index contributed by atoms with van der Waals surface area (Å²) in [7, 11) is 5.57. The van der Waals surface area contributed by atoms with Crippen molar-refractivity contribution in [2.75, 3.05) is 80.4 Å².